The molecule has 0 fully saturated rings. The van der Waals surface area contributed by atoms with Gasteiger partial charge in [-0.05, 0) is 49.7 Å². The van der Waals surface area contributed by atoms with Crippen LogP contribution in [0, 0.1) is 5.82 Å². The van der Waals surface area contributed by atoms with E-state index in [9.17, 15) is 17.6 Å². The van der Waals surface area contributed by atoms with E-state index >= 15 is 0 Å². The number of nitrogens with one attached hydrogen (secondary N) is 1. The van der Waals surface area contributed by atoms with Crippen LogP contribution in [0.1, 0.15) is 31.6 Å². The summed E-state index contributed by atoms with van der Waals surface area (Å²) in [6, 6.07) is 13.9. The zero-order valence-electron chi connectivity index (χ0n) is 16.3. The molecule has 0 spiro atoms. The van der Waals surface area contributed by atoms with Crippen molar-refractivity contribution in [3.63, 3.8) is 0 Å². The van der Waals surface area contributed by atoms with E-state index in [4.69, 9.17) is 4.42 Å². The predicted octanol–water partition coefficient (Wildman–Crippen LogP) is 3.85. The van der Waals surface area contributed by atoms with Crippen molar-refractivity contribution in [2.24, 2.45) is 0 Å². The molecular weight excluding hydrogens is 395 g/mol. The van der Waals surface area contributed by atoms with E-state index in [1.54, 1.807) is 0 Å². The average molecular weight is 418 g/mol. The van der Waals surface area contributed by atoms with Crippen molar-refractivity contribution in [2.75, 3.05) is 13.6 Å². The maximum atomic E-state index is 13.0. The van der Waals surface area contributed by atoms with Crippen molar-refractivity contribution in [1.82, 2.24) is 9.62 Å². The molecule has 1 amide bonds. The van der Waals surface area contributed by atoms with Gasteiger partial charge in [0.15, 0.2) is 0 Å². The van der Waals surface area contributed by atoms with Gasteiger partial charge in [-0.1, -0.05) is 18.2 Å². The van der Waals surface area contributed by atoms with Crippen LogP contribution < -0.4 is 5.32 Å². The lowest BCUT2D eigenvalue weighted by Gasteiger charge is -2.17. The van der Waals surface area contributed by atoms with Gasteiger partial charge in [0, 0.05) is 25.4 Å². The Labute approximate surface area is 169 Å². The molecule has 0 aliphatic rings. The number of halogens is 1. The van der Waals surface area contributed by atoms with Crippen molar-refractivity contribution >= 4 is 26.9 Å². The summed E-state index contributed by atoms with van der Waals surface area (Å²) in [6.07, 6.45) is 0.531. The first kappa shape index (κ1) is 21.0. The number of benzene rings is 2. The lowest BCUT2D eigenvalue weighted by molar-refractivity contribution is -0.122. The number of rotatable bonds is 8. The molecule has 154 valence electrons. The third kappa shape index (κ3) is 5.02. The van der Waals surface area contributed by atoms with E-state index in [1.807, 2.05) is 37.3 Å². The first-order chi connectivity index (χ1) is 13.8. The fourth-order valence-electron chi connectivity index (χ4n) is 2.97. The molecule has 6 nitrogen and oxygen atoms in total. The SMILES string of the molecule is CC(NC(=O)CCCN(C)S(=O)(=O)c1ccc(F)cc1)c1cc2ccccc2o1. The van der Waals surface area contributed by atoms with Crippen LogP contribution in [0.2, 0.25) is 0 Å². The highest BCUT2D eigenvalue weighted by Gasteiger charge is 2.21. The summed E-state index contributed by atoms with van der Waals surface area (Å²) < 4.78 is 44.8. The fourth-order valence-corrected chi connectivity index (χ4v) is 4.18. The first-order valence-corrected chi connectivity index (χ1v) is 10.7. The maximum absolute atomic E-state index is 13.0. The molecule has 0 aliphatic heterocycles. The number of sulfonamides is 1. The third-order valence-electron chi connectivity index (χ3n) is 4.65. The largest absolute Gasteiger partial charge is 0.459 e. The number of hydrogen-bond acceptors (Lipinski definition) is 4. The summed E-state index contributed by atoms with van der Waals surface area (Å²) >= 11 is 0. The molecule has 3 aromatic rings. The summed E-state index contributed by atoms with van der Waals surface area (Å²) in [5.41, 5.74) is 0.760. The Balaban J connectivity index is 1.50. The van der Waals surface area contributed by atoms with Gasteiger partial charge in [0.2, 0.25) is 15.9 Å². The van der Waals surface area contributed by atoms with Crippen LogP contribution in [0.5, 0.6) is 0 Å². The summed E-state index contributed by atoms with van der Waals surface area (Å²) in [7, 11) is -2.28. The zero-order valence-corrected chi connectivity index (χ0v) is 17.1. The van der Waals surface area contributed by atoms with E-state index in [0.29, 0.717) is 12.2 Å². The molecule has 0 saturated carbocycles. The van der Waals surface area contributed by atoms with Crippen LogP contribution in [0.15, 0.2) is 63.9 Å². The molecule has 3 rings (SSSR count). The molecule has 1 aromatic heterocycles. The van der Waals surface area contributed by atoms with Crippen LogP contribution in [0.4, 0.5) is 4.39 Å². The van der Waals surface area contributed by atoms with Gasteiger partial charge in [-0.25, -0.2) is 17.1 Å². The van der Waals surface area contributed by atoms with Crippen LogP contribution in [0.3, 0.4) is 0 Å². The summed E-state index contributed by atoms with van der Waals surface area (Å²) in [5, 5.41) is 3.83. The Morgan fingerprint density at radius 2 is 1.86 bits per heavy atom. The molecule has 8 heteroatoms. The molecule has 0 saturated heterocycles. The second-order valence-corrected chi connectivity index (χ2v) is 8.90. The second kappa shape index (κ2) is 8.75. The molecule has 1 atom stereocenters. The van der Waals surface area contributed by atoms with Gasteiger partial charge in [0.25, 0.3) is 0 Å². The van der Waals surface area contributed by atoms with Gasteiger partial charge in [-0.2, -0.15) is 0 Å². The lowest BCUT2D eigenvalue weighted by Crippen LogP contribution is -2.30. The molecule has 0 radical (unpaired) electrons. The Morgan fingerprint density at radius 3 is 2.55 bits per heavy atom. The van der Waals surface area contributed by atoms with Crippen molar-refractivity contribution < 1.29 is 22.0 Å². The summed E-state index contributed by atoms with van der Waals surface area (Å²) in [6.45, 7) is 2.01. The van der Waals surface area contributed by atoms with Crippen LogP contribution >= 0.6 is 0 Å². The number of carbonyl (C=O) groups is 1. The molecule has 1 N–H and O–H groups in total. The minimum Gasteiger partial charge on any atom is -0.459 e. The van der Waals surface area contributed by atoms with Crippen molar-refractivity contribution in [3.05, 3.63) is 66.2 Å². The standard InChI is InChI=1S/C21H23FN2O4S/c1-15(20-14-16-6-3-4-7-19(16)28-20)23-21(25)8-5-13-24(2)29(26,27)18-11-9-17(22)10-12-18/h3-4,6-7,9-12,14-15H,5,8,13H2,1-2H3,(H,23,25). The van der Waals surface area contributed by atoms with Crippen LogP contribution in [-0.2, 0) is 14.8 Å². The van der Waals surface area contributed by atoms with Crippen molar-refractivity contribution in [2.45, 2.75) is 30.7 Å². The number of hydrogen-bond donors (Lipinski definition) is 1. The maximum Gasteiger partial charge on any atom is 0.242 e. The molecule has 2 aromatic carbocycles. The van der Waals surface area contributed by atoms with Gasteiger partial charge in [-0.3, -0.25) is 4.79 Å². The van der Waals surface area contributed by atoms with E-state index in [1.165, 1.54) is 19.2 Å². The highest BCUT2D eigenvalue weighted by atomic mass is 32.2. The fraction of sp³-hybridized carbons (Fsp3) is 0.286. The normalized spacial score (nSPS) is 13.0. The van der Waals surface area contributed by atoms with E-state index in [-0.39, 0.29) is 29.8 Å². The summed E-state index contributed by atoms with van der Waals surface area (Å²) in [4.78, 5) is 12.2. The Kier molecular flexibility index (Phi) is 6.34. The zero-order chi connectivity index (χ0) is 21.0. The van der Waals surface area contributed by atoms with Gasteiger partial charge in [-0.15, -0.1) is 0 Å². The highest BCUT2D eigenvalue weighted by molar-refractivity contribution is 7.89. The highest BCUT2D eigenvalue weighted by Crippen LogP contribution is 2.23. The number of para-hydroxylation sites is 1. The lowest BCUT2D eigenvalue weighted by atomic mass is 10.2. The van der Waals surface area contributed by atoms with E-state index in [2.05, 4.69) is 5.32 Å². The second-order valence-electron chi connectivity index (χ2n) is 6.86. The van der Waals surface area contributed by atoms with Gasteiger partial charge < -0.3 is 9.73 Å². The minimum atomic E-state index is -3.71. The van der Waals surface area contributed by atoms with Crippen molar-refractivity contribution in [1.29, 1.82) is 0 Å². The van der Waals surface area contributed by atoms with Crippen LogP contribution in [-0.4, -0.2) is 32.2 Å². The number of furan rings is 1. The topological polar surface area (TPSA) is 79.6 Å². The van der Waals surface area contributed by atoms with Gasteiger partial charge in [0.05, 0.1) is 10.9 Å². The molecule has 0 aliphatic carbocycles. The smallest absolute Gasteiger partial charge is 0.242 e. The Bertz CT molecular complexity index is 1060. The molecule has 1 heterocycles. The Morgan fingerprint density at radius 1 is 1.17 bits per heavy atom. The predicted molar refractivity (Wildman–Crippen MR) is 108 cm³/mol. The number of carbonyl (C=O) groups excluding carboxylic acids is 1. The average Bonchev–Trinajstić information content (AvgIpc) is 3.12. The van der Waals surface area contributed by atoms with E-state index < -0.39 is 15.8 Å². The number of fused-ring (bicyclic) bond motifs is 1. The quantitative estimate of drug-likeness (QED) is 0.603. The molecule has 0 bridgehead atoms. The molecule has 29 heavy (non-hydrogen) atoms. The van der Waals surface area contributed by atoms with E-state index in [0.717, 1.165) is 27.4 Å². The number of nitrogens with zero attached hydrogens (tertiary/aromatic N) is 1. The Hall–Kier alpha value is -2.71. The monoisotopic (exact) mass is 418 g/mol. The summed E-state index contributed by atoms with van der Waals surface area (Å²) in [5.74, 6) is -0.0251. The minimum absolute atomic E-state index is 0.0179. The molecular formula is C21H23FN2O4S. The number of amides is 1. The first-order valence-electron chi connectivity index (χ1n) is 9.27. The van der Waals surface area contributed by atoms with Crippen molar-refractivity contribution in [3.8, 4) is 0 Å². The van der Waals surface area contributed by atoms with Gasteiger partial charge in [0.1, 0.15) is 17.2 Å². The molecule has 1 unspecified atom stereocenters. The third-order valence-corrected chi connectivity index (χ3v) is 6.52. The van der Waals surface area contributed by atoms with Gasteiger partial charge >= 0.3 is 0 Å². The van der Waals surface area contributed by atoms with Crippen LogP contribution in [0.25, 0.3) is 11.0 Å².